The number of carbonyl (C=O) groups excluding carboxylic acids is 2. The monoisotopic (exact) mass is 597 g/mol. The molecule has 2 amide bonds. The van der Waals surface area contributed by atoms with Gasteiger partial charge in [-0.15, -0.1) is 0 Å². The van der Waals surface area contributed by atoms with Gasteiger partial charge in [0.2, 0.25) is 11.8 Å². The van der Waals surface area contributed by atoms with Gasteiger partial charge in [-0.05, 0) is 74.1 Å². The lowest BCUT2D eigenvalue weighted by molar-refractivity contribution is -0.140. The number of hydrogen-bond donors (Lipinski definition) is 3. The molecule has 4 rings (SSSR count). The molecular formula is C31H36BrNO6. The standard InChI is InChI=1S/C31H36BrNO6/c1-3-13-33-30(37)24-16-21(18-39-23-7-5-4-6-8-23)28(25(17-34)29(24)31(33)38)27(36)11-9-19(2)14-20-15-22(32)10-12-26(20)35/h4-8,10,12,14-15,24-25,27,29,34-36H,3,9,11,13,16-18H2,1-2H3/b19-14+/t24-,25+,27-,29-/m1/s1. The molecule has 4 atom stereocenters. The first kappa shape index (κ1) is 29.1. The van der Waals surface area contributed by atoms with Gasteiger partial charge in [0.1, 0.15) is 18.1 Å². The van der Waals surface area contributed by atoms with E-state index < -0.39 is 23.9 Å². The van der Waals surface area contributed by atoms with Crippen molar-refractivity contribution >= 4 is 33.8 Å². The third kappa shape index (κ3) is 6.45. The summed E-state index contributed by atoms with van der Waals surface area (Å²) in [6.07, 6.45) is 2.81. The van der Waals surface area contributed by atoms with Gasteiger partial charge in [-0.1, -0.05) is 52.7 Å². The van der Waals surface area contributed by atoms with Gasteiger partial charge >= 0.3 is 0 Å². The number of hydrogen-bond acceptors (Lipinski definition) is 6. The molecular weight excluding hydrogens is 562 g/mol. The van der Waals surface area contributed by atoms with Crippen molar-refractivity contribution in [2.45, 2.75) is 45.6 Å². The molecule has 1 saturated heterocycles. The van der Waals surface area contributed by atoms with Crippen LogP contribution in [0, 0.1) is 17.8 Å². The van der Waals surface area contributed by atoms with Crippen LogP contribution in [0.15, 0.2) is 69.7 Å². The second-order valence-corrected chi connectivity index (χ2v) is 11.3. The summed E-state index contributed by atoms with van der Waals surface area (Å²) in [7, 11) is 0. The molecule has 1 aliphatic carbocycles. The summed E-state index contributed by atoms with van der Waals surface area (Å²) in [5.74, 6) is -1.55. The van der Waals surface area contributed by atoms with Crippen molar-refractivity contribution in [2.75, 3.05) is 19.8 Å². The lowest BCUT2D eigenvalue weighted by atomic mass is 9.68. The Labute approximate surface area is 237 Å². The van der Waals surface area contributed by atoms with Crippen molar-refractivity contribution < 1.29 is 29.6 Å². The van der Waals surface area contributed by atoms with Gasteiger partial charge in [-0.2, -0.15) is 0 Å². The van der Waals surface area contributed by atoms with Crippen LogP contribution in [0.25, 0.3) is 6.08 Å². The Morgan fingerprint density at radius 3 is 2.62 bits per heavy atom. The number of para-hydroxylation sites is 1. The third-order valence-corrected chi connectivity index (χ3v) is 8.13. The Morgan fingerprint density at radius 2 is 1.92 bits per heavy atom. The minimum absolute atomic E-state index is 0.159. The first-order valence-corrected chi connectivity index (χ1v) is 14.2. The summed E-state index contributed by atoms with van der Waals surface area (Å²) in [5.41, 5.74) is 3.00. The van der Waals surface area contributed by atoms with Crippen LogP contribution in [0.5, 0.6) is 11.5 Å². The molecule has 208 valence electrons. The number of phenolic OH excluding ortho intramolecular Hbond substituents is 1. The maximum atomic E-state index is 13.3. The van der Waals surface area contributed by atoms with E-state index in [1.807, 2.05) is 56.3 Å². The van der Waals surface area contributed by atoms with Crippen molar-refractivity contribution in [1.82, 2.24) is 4.90 Å². The van der Waals surface area contributed by atoms with E-state index in [-0.39, 0.29) is 30.8 Å². The fourth-order valence-electron chi connectivity index (χ4n) is 5.79. The number of carbonyl (C=O) groups is 2. The minimum Gasteiger partial charge on any atom is -0.507 e. The number of nitrogens with zero attached hydrogens (tertiary/aromatic N) is 1. The minimum atomic E-state index is -0.931. The number of aliphatic hydroxyl groups excluding tert-OH is 2. The molecule has 39 heavy (non-hydrogen) atoms. The Hall–Kier alpha value is -2.94. The number of likely N-dealkylation sites (tertiary alicyclic amines) is 1. The van der Waals surface area contributed by atoms with E-state index in [0.29, 0.717) is 49.1 Å². The highest BCUT2D eigenvalue weighted by atomic mass is 79.9. The first-order valence-electron chi connectivity index (χ1n) is 13.4. The molecule has 1 fully saturated rings. The number of imide groups is 1. The van der Waals surface area contributed by atoms with Gasteiger partial charge in [-0.25, -0.2) is 0 Å². The van der Waals surface area contributed by atoms with Gasteiger partial charge in [0.25, 0.3) is 0 Å². The predicted octanol–water partition coefficient (Wildman–Crippen LogP) is 5.10. The van der Waals surface area contributed by atoms with Crippen molar-refractivity contribution in [3.8, 4) is 11.5 Å². The summed E-state index contributed by atoms with van der Waals surface area (Å²) >= 11 is 3.42. The molecule has 2 aromatic rings. The third-order valence-electron chi connectivity index (χ3n) is 7.64. The SMILES string of the molecule is CCCN1C(=O)[C@@H]2[C@@H](CC(COc3ccccc3)=C([C@H](O)CC/C(C)=C/c3cc(Br)ccc3O)[C@@H]2CO)C1=O. The Bertz CT molecular complexity index is 1260. The first-order chi connectivity index (χ1) is 18.7. The lowest BCUT2D eigenvalue weighted by Gasteiger charge is -2.36. The summed E-state index contributed by atoms with van der Waals surface area (Å²) in [4.78, 5) is 27.8. The van der Waals surface area contributed by atoms with Crippen molar-refractivity contribution in [1.29, 1.82) is 0 Å². The van der Waals surface area contributed by atoms with Gasteiger partial charge in [0.05, 0.1) is 24.5 Å². The molecule has 2 aliphatic rings. The highest BCUT2D eigenvalue weighted by molar-refractivity contribution is 9.10. The highest BCUT2D eigenvalue weighted by Gasteiger charge is 2.54. The Balaban J connectivity index is 1.61. The van der Waals surface area contributed by atoms with Gasteiger partial charge in [0, 0.05) is 22.5 Å². The molecule has 8 heteroatoms. The smallest absolute Gasteiger partial charge is 0.233 e. The normalized spacial score (nSPS) is 22.3. The van der Waals surface area contributed by atoms with E-state index in [1.165, 1.54) is 4.90 Å². The number of rotatable bonds is 11. The highest BCUT2D eigenvalue weighted by Crippen LogP contribution is 2.46. The van der Waals surface area contributed by atoms with Gasteiger partial charge in [-0.3, -0.25) is 14.5 Å². The maximum absolute atomic E-state index is 13.3. The zero-order valence-corrected chi connectivity index (χ0v) is 23.9. The van der Waals surface area contributed by atoms with Gasteiger partial charge in [0.15, 0.2) is 0 Å². The summed E-state index contributed by atoms with van der Waals surface area (Å²) in [5, 5.41) is 32.2. The summed E-state index contributed by atoms with van der Waals surface area (Å²) in [6, 6.07) is 14.5. The second-order valence-electron chi connectivity index (χ2n) is 10.4. The van der Waals surface area contributed by atoms with Crippen molar-refractivity contribution in [2.24, 2.45) is 17.8 Å². The van der Waals surface area contributed by atoms with E-state index in [4.69, 9.17) is 4.74 Å². The van der Waals surface area contributed by atoms with Crippen LogP contribution in [0.4, 0.5) is 0 Å². The van der Waals surface area contributed by atoms with Crippen LogP contribution in [0.1, 0.15) is 45.1 Å². The lowest BCUT2D eigenvalue weighted by Crippen LogP contribution is -2.40. The van der Waals surface area contributed by atoms with Crippen LogP contribution in [0.3, 0.4) is 0 Å². The van der Waals surface area contributed by atoms with E-state index in [2.05, 4.69) is 15.9 Å². The zero-order valence-electron chi connectivity index (χ0n) is 22.3. The molecule has 1 heterocycles. The number of phenols is 1. The van der Waals surface area contributed by atoms with E-state index in [0.717, 1.165) is 15.6 Å². The van der Waals surface area contributed by atoms with Crippen LogP contribution >= 0.6 is 15.9 Å². The molecule has 0 unspecified atom stereocenters. The molecule has 1 aliphatic heterocycles. The van der Waals surface area contributed by atoms with Crippen molar-refractivity contribution in [3.63, 3.8) is 0 Å². The van der Waals surface area contributed by atoms with E-state index >= 15 is 0 Å². The van der Waals surface area contributed by atoms with Crippen LogP contribution < -0.4 is 4.74 Å². The second kappa shape index (κ2) is 12.9. The molecule has 2 aromatic carbocycles. The zero-order chi connectivity index (χ0) is 28.1. The molecule has 0 aromatic heterocycles. The Kier molecular flexibility index (Phi) is 9.64. The molecule has 0 bridgehead atoms. The number of ether oxygens (including phenoxy) is 1. The summed E-state index contributed by atoms with van der Waals surface area (Å²) in [6.45, 7) is 4.02. The number of allylic oxidation sites excluding steroid dienone is 1. The number of benzene rings is 2. The number of aromatic hydroxyl groups is 1. The largest absolute Gasteiger partial charge is 0.507 e. The molecule has 0 spiro atoms. The maximum Gasteiger partial charge on any atom is 0.233 e. The Morgan fingerprint density at radius 1 is 1.18 bits per heavy atom. The number of aliphatic hydroxyl groups is 2. The van der Waals surface area contributed by atoms with Crippen LogP contribution in [-0.2, 0) is 9.59 Å². The van der Waals surface area contributed by atoms with Crippen LogP contribution in [-0.4, -0.2) is 57.9 Å². The number of halogens is 1. The van der Waals surface area contributed by atoms with Gasteiger partial charge < -0.3 is 20.1 Å². The summed E-state index contributed by atoms with van der Waals surface area (Å²) < 4.78 is 6.88. The van der Waals surface area contributed by atoms with Crippen LogP contribution in [0.2, 0.25) is 0 Å². The number of amides is 2. The fraction of sp³-hybridized carbons (Fsp3) is 0.419. The fourth-order valence-corrected chi connectivity index (χ4v) is 6.17. The molecule has 3 N–H and O–H groups in total. The molecule has 7 nitrogen and oxygen atoms in total. The van der Waals surface area contributed by atoms with E-state index in [1.54, 1.807) is 12.1 Å². The van der Waals surface area contributed by atoms with E-state index in [9.17, 15) is 24.9 Å². The predicted molar refractivity (Wildman–Crippen MR) is 153 cm³/mol. The average molecular weight is 599 g/mol. The average Bonchev–Trinajstić information content (AvgIpc) is 3.17. The van der Waals surface area contributed by atoms with Crippen molar-refractivity contribution in [3.05, 3.63) is 75.3 Å². The number of fused-ring (bicyclic) bond motifs is 1. The topological polar surface area (TPSA) is 107 Å². The quantitative estimate of drug-likeness (QED) is 0.246. The molecule has 0 saturated carbocycles. The molecule has 0 radical (unpaired) electrons.